The normalized spacial score (nSPS) is 13.5. The summed E-state index contributed by atoms with van der Waals surface area (Å²) in [7, 11) is 0. The monoisotopic (exact) mass is 531 g/mol. The van der Waals surface area contributed by atoms with E-state index in [-0.39, 0.29) is 12.2 Å². The Kier molecular flexibility index (Phi) is 11.1. The van der Waals surface area contributed by atoms with Gasteiger partial charge in [-0.2, -0.15) is 0 Å². The van der Waals surface area contributed by atoms with Gasteiger partial charge >= 0.3 is 0 Å². The first kappa shape index (κ1) is 29.8. The highest BCUT2D eigenvalue weighted by Gasteiger charge is 2.23. The average Bonchev–Trinajstić information content (AvgIpc) is 3.31. The Labute approximate surface area is 231 Å². The molecule has 0 amide bonds. The van der Waals surface area contributed by atoms with Crippen molar-refractivity contribution in [2.45, 2.75) is 78.4 Å². The maximum absolute atomic E-state index is 9.60. The summed E-state index contributed by atoms with van der Waals surface area (Å²) in [6.07, 6.45) is 7.86. The molecular weight excluding hydrogens is 490 g/mol. The lowest BCUT2D eigenvalue weighted by molar-refractivity contribution is -0.138. The van der Waals surface area contributed by atoms with Gasteiger partial charge in [0.1, 0.15) is 23.5 Å². The van der Waals surface area contributed by atoms with Crippen LogP contribution in [0.3, 0.4) is 0 Å². The average molecular weight is 532 g/mol. The summed E-state index contributed by atoms with van der Waals surface area (Å²) in [5, 5.41) is 12.2. The number of nitrogens with one attached hydrogen (secondary N) is 1. The number of hydrogen-bond acceptors (Lipinski definition) is 7. The van der Waals surface area contributed by atoms with Crippen molar-refractivity contribution >= 4 is 23.4 Å². The van der Waals surface area contributed by atoms with Crippen LogP contribution in [0.2, 0.25) is 0 Å². The number of aliphatic hydroxyl groups is 1. The Bertz CT molecular complexity index is 1290. The lowest BCUT2D eigenvalue weighted by atomic mass is 9.95. The molecule has 1 saturated carbocycles. The van der Waals surface area contributed by atoms with Crippen LogP contribution in [0.4, 0.5) is 5.82 Å². The van der Waals surface area contributed by atoms with E-state index in [9.17, 15) is 4.79 Å². The molecule has 0 aliphatic heterocycles. The van der Waals surface area contributed by atoms with Gasteiger partial charge in [-0.15, -0.1) is 0 Å². The van der Waals surface area contributed by atoms with Crippen LogP contribution in [0.15, 0.2) is 65.3 Å². The minimum absolute atomic E-state index is 0.250. The lowest BCUT2D eigenvalue weighted by Crippen LogP contribution is -2.23. The first-order valence-corrected chi connectivity index (χ1v) is 13.7. The Morgan fingerprint density at radius 2 is 1.64 bits per heavy atom. The summed E-state index contributed by atoms with van der Waals surface area (Å²) in [6, 6.07) is 19.3. The summed E-state index contributed by atoms with van der Waals surface area (Å²) < 4.78 is 10.9. The molecule has 5 rings (SSSR count). The number of aryl methyl sites for hydroxylation is 1. The third-order valence-electron chi connectivity index (χ3n) is 6.21. The zero-order chi connectivity index (χ0) is 28.3. The van der Waals surface area contributed by atoms with Gasteiger partial charge in [0.25, 0.3) is 6.47 Å². The summed E-state index contributed by atoms with van der Waals surface area (Å²) >= 11 is 0. The van der Waals surface area contributed by atoms with Crippen molar-refractivity contribution in [2.75, 3.05) is 11.9 Å². The third kappa shape index (κ3) is 8.65. The van der Waals surface area contributed by atoms with Gasteiger partial charge in [-0.05, 0) is 53.0 Å². The van der Waals surface area contributed by atoms with Gasteiger partial charge in [0.05, 0.1) is 5.39 Å². The number of hydrogen-bond donors (Lipinski definition) is 2. The minimum atomic E-state index is -0.318. The highest BCUT2D eigenvalue weighted by molar-refractivity contribution is 6.05. The molecule has 2 N–H and O–H groups in total. The van der Waals surface area contributed by atoms with Crippen molar-refractivity contribution in [3.63, 3.8) is 0 Å². The fourth-order valence-electron chi connectivity index (χ4n) is 4.42. The van der Waals surface area contributed by atoms with Gasteiger partial charge < -0.3 is 19.6 Å². The van der Waals surface area contributed by atoms with E-state index in [4.69, 9.17) is 9.52 Å². The van der Waals surface area contributed by atoms with Crippen molar-refractivity contribution in [2.24, 2.45) is 0 Å². The first-order valence-electron chi connectivity index (χ1n) is 13.7. The number of carbonyl (C=O) groups excluding carboxylic acids is 1. The van der Waals surface area contributed by atoms with Crippen molar-refractivity contribution in [3.05, 3.63) is 66.5 Å². The van der Waals surface area contributed by atoms with E-state index in [0.717, 1.165) is 33.7 Å². The Morgan fingerprint density at radius 3 is 2.21 bits per heavy atom. The Hall–Kier alpha value is -3.71. The van der Waals surface area contributed by atoms with Gasteiger partial charge in [-0.3, -0.25) is 4.79 Å². The number of furan rings is 1. The molecule has 1 aliphatic rings. The lowest BCUT2D eigenvalue weighted by Gasteiger charge is -2.23. The van der Waals surface area contributed by atoms with Gasteiger partial charge in [0.15, 0.2) is 0 Å². The summed E-state index contributed by atoms with van der Waals surface area (Å²) in [4.78, 5) is 18.7. The van der Waals surface area contributed by atoms with E-state index in [0.29, 0.717) is 18.2 Å². The predicted molar refractivity (Wildman–Crippen MR) is 158 cm³/mol. The number of benzene rings is 2. The zero-order valence-corrected chi connectivity index (χ0v) is 23.7. The smallest absolute Gasteiger partial charge is 0.293 e. The van der Waals surface area contributed by atoms with Gasteiger partial charge in [-0.1, -0.05) is 79.4 Å². The molecule has 2 heterocycles. The molecular formula is C32H41N3O4. The number of rotatable bonds is 5. The number of aromatic nitrogens is 2. The van der Waals surface area contributed by atoms with Crippen LogP contribution in [-0.4, -0.2) is 39.8 Å². The molecule has 0 spiro atoms. The fourth-order valence-corrected chi connectivity index (χ4v) is 4.42. The summed E-state index contributed by atoms with van der Waals surface area (Å²) in [6.45, 7) is 9.96. The molecule has 7 heteroatoms. The second-order valence-electron chi connectivity index (χ2n) is 10.6. The van der Waals surface area contributed by atoms with Crippen LogP contribution in [-0.2, 0) is 9.53 Å². The van der Waals surface area contributed by atoms with Crippen LogP contribution < -0.4 is 5.32 Å². The van der Waals surface area contributed by atoms with Crippen LogP contribution in [0.1, 0.15) is 65.4 Å². The van der Waals surface area contributed by atoms with Crippen molar-refractivity contribution < 1.29 is 19.1 Å². The van der Waals surface area contributed by atoms with E-state index in [1.807, 2.05) is 39.0 Å². The molecule has 2 aromatic heterocycles. The summed E-state index contributed by atoms with van der Waals surface area (Å²) in [5.74, 6) is 1.72. The van der Waals surface area contributed by atoms with Crippen molar-refractivity contribution in [1.82, 2.24) is 9.97 Å². The largest absolute Gasteiger partial charge is 0.462 e. The van der Waals surface area contributed by atoms with Gasteiger partial charge in [-0.25, -0.2) is 9.97 Å². The van der Waals surface area contributed by atoms with E-state index < -0.39 is 0 Å². The standard InChI is InChI=1S/C25H25N3O.C5H10O2.C2H6O/c1-17-12-14-18(15-13-17)21-22-24(28-20-10-6-3-7-11-20)26-16-27-25(22)29-23(21)19-8-4-2-5-9-19;1-5(2,3)7-4-6;1-2-3/h2,4-5,8-9,12-16,20H,3,6-7,10-11H2,1H3,(H,26,27,28);4H,1-3H3;3H,2H2,1H3. The number of aliphatic hydroxyl groups excluding tert-OH is 1. The van der Waals surface area contributed by atoms with Gasteiger partial charge in [0.2, 0.25) is 5.71 Å². The minimum Gasteiger partial charge on any atom is -0.462 e. The first-order chi connectivity index (χ1) is 18.8. The van der Waals surface area contributed by atoms with E-state index in [1.54, 1.807) is 13.3 Å². The molecule has 2 aromatic carbocycles. The Balaban J connectivity index is 0.000000363. The molecule has 0 bridgehead atoms. The molecule has 1 fully saturated rings. The van der Waals surface area contributed by atoms with Crippen LogP contribution in [0.5, 0.6) is 0 Å². The van der Waals surface area contributed by atoms with Crippen molar-refractivity contribution in [3.8, 4) is 22.5 Å². The topological polar surface area (TPSA) is 97.5 Å². The van der Waals surface area contributed by atoms with E-state index >= 15 is 0 Å². The molecule has 0 unspecified atom stereocenters. The SMILES string of the molecule is CC(C)(C)OC=O.CCO.Cc1ccc(-c2c(-c3ccccc3)oc3ncnc(NC4CCCCC4)c23)cc1. The molecule has 0 saturated heterocycles. The van der Waals surface area contributed by atoms with Crippen LogP contribution in [0.25, 0.3) is 33.6 Å². The molecule has 7 nitrogen and oxygen atoms in total. The third-order valence-corrected chi connectivity index (χ3v) is 6.21. The molecule has 39 heavy (non-hydrogen) atoms. The van der Waals surface area contributed by atoms with Crippen LogP contribution in [0, 0.1) is 6.92 Å². The fraction of sp³-hybridized carbons (Fsp3) is 0.406. The maximum Gasteiger partial charge on any atom is 0.293 e. The van der Waals surface area contributed by atoms with Crippen molar-refractivity contribution in [1.29, 1.82) is 0 Å². The summed E-state index contributed by atoms with van der Waals surface area (Å²) in [5.41, 5.74) is 4.78. The van der Waals surface area contributed by atoms with E-state index in [1.165, 1.54) is 37.7 Å². The second kappa shape index (κ2) is 14.4. The number of carbonyl (C=O) groups is 1. The highest BCUT2D eigenvalue weighted by Crippen LogP contribution is 2.43. The molecule has 0 radical (unpaired) electrons. The zero-order valence-electron chi connectivity index (χ0n) is 23.7. The highest BCUT2D eigenvalue weighted by atomic mass is 16.5. The van der Waals surface area contributed by atoms with Crippen LogP contribution >= 0.6 is 0 Å². The molecule has 208 valence electrons. The van der Waals surface area contributed by atoms with E-state index in [2.05, 4.69) is 63.3 Å². The number of fused-ring (bicyclic) bond motifs is 1. The second-order valence-corrected chi connectivity index (χ2v) is 10.6. The molecule has 0 atom stereocenters. The number of anilines is 1. The number of nitrogens with zero attached hydrogens (tertiary/aromatic N) is 2. The van der Waals surface area contributed by atoms with Gasteiger partial charge in [0, 0.05) is 23.8 Å². The molecule has 4 aromatic rings. The quantitative estimate of drug-likeness (QED) is 0.256. The predicted octanol–water partition coefficient (Wildman–Crippen LogP) is 7.57. The maximum atomic E-state index is 9.60. The molecule has 1 aliphatic carbocycles. The Morgan fingerprint density at radius 1 is 1.00 bits per heavy atom. The number of ether oxygens (including phenoxy) is 1.